The molecule has 0 spiro atoms. The van der Waals surface area contributed by atoms with Crippen LogP contribution >= 0.6 is 15.6 Å². The molecule has 0 saturated carbocycles. The van der Waals surface area contributed by atoms with Crippen molar-refractivity contribution in [3.63, 3.8) is 0 Å². The van der Waals surface area contributed by atoms with Gasteiger partial charge in [0.05, 0.1) is 12.9 Å². The number of nitrogens with zero attached hydrogens (tertiary/aromatic N) is 4. The molecule has 2 saturated heterocycles. The third-order valence-electron chi connectivity index (χ3n) is 5.40. The predicted molar refractivity (Wildman–Crippen MR) is 113 cm³/mol. The molecule has 2 unspecified atom stereocenters. The van der Waals surface area contributed by atoms with Crippen molar-refractivity contribution in [2.75, 3.05) is 12.3 Å². The van der Waals surface area contributed by atoms with E-state index in [1.54, 1.807) is 0 Å². The van der Waals surface area contributed by atoms with Gasteiger partial charge in [0.2, 0.25) is 6.29 Å². The van der Waals surface area contributed by atoms with Gasteiger partial charge in [0.1, 0.15) is 48.5 Å². The summed E-state index contributed by atoms with van der Waals surface area (Å²) in [6, 6.07) is 0. The van der Waals surface area contributed by atoms with Gasteiger partial charge in [-0.3, -0.25) is 9.09 Å². The first-order valence-corrected chi connectivity index (χ1v) is 13.4. The van der Waals surface area contributed by atoms with E-state index in [1.165, 1.54) is 10.9 Å². The molecule has 2 aromatic heterocycles. The second kappa shape index (κ2) is 11.0. The average Bonchev–Trinajstić information content (AvgIpc) is 3.47. The molecule has 11 atom stereocenters. The summed E-state index contributed by atoms with van der Waals surface area (Å²) in [4.78, 5) is 35.2. The zero-order valence-corrected chi connectivity index (χ0v) is 20.5. The molecule has 2 aliphatic heterocycles. The third-order valence-corrected chi connectivity index (χ3v) is 7.80. The smallest absolute Gasteiger partial charge is 0.387 e. The fraction of sp³-hybridized carbons (Fsp3) is 0.667. The molecule has 23 heteroatoms. The number of aromatic nitrogens is 4. The fourth-order valence-electron chi connectivity index (χ4n) is 3.56. The normalized spacial score (nSPS) is 35.8. The standard InChI is InChI=1S/C15H23N5O16P2/c16-11-5-12(18-2-17-11)20(3-19-5)13-8(23)6(21)4(32-13)1-31-37(27,28)36-38(29,30)35-34-15(26)10-7(22)9(24)14(25)33-10/h2-4,6-10,13-15,21-26H,1H2,(H,27,28)(H,29,30)(H2,16,17,18)/t4-,6-,7+,8-,9-,10-,13-,14+,15+/m1/s1. The zero-order chi connectivity index (χ0) is 28.0. The van der Waals surface area contributed by atoms with Crippen molar-refractivity contribution in [1.82, 2.24) is 19.5 Å². The van der Waals surface area contributed by atoms with Crippen molar-refractivity contribution >= 4 is 32.6 Å². The Bertz CT molecular complexity index is 1240. The number of hydrogen-bond donors (Lipinski definition) is 9. The van der Waals surface area contributed by atoms with E-state index in [1.807, 2.05) is 0 Å². The number of phosphoric acid groups is 2. The Hall–Kier alpha value is -1.75. The molecule has 2 aliphatic rings. The van der Waals surface area contributed by atoms with Crippen LogP contribution < -0.4 is 5.73 Å². The van der Waals surface area contributed by atoms with Crippen molar-refractivity contribution in [3.05, 3.63) is 12.7 Å². The minimum absolute atomic E-state index is 0.0364. The number of ether oxygens (including phenoxy) is 2. The van der Waals surface area contributed by atoms with Crippen LogP contribution in [0.3, 0.4) is 0 Å². The van der Waals surface area contributed by atoms with E-state index in [-0.39, 0.29) is 17.0 Å². The van der Waals surface area contributed by atoms with E-state index < -0.39 is 77.7 Å². The van der Waals surface area contributed by atoms with Crippen molar-refractivity contribution < 1.29 is 77.4 Å². The minimum Gasteiger partial charge on any atom is -0.387 e. The molecule has 21 nitrogen and oxygen atoms in total. The van der Waals surface area contributed by atoms with Crippen LogP contribution in [0.4, 0.5) is 5.82 Å². The quantitative estimate of drug-likeness (QED) is 0.0549. The van der Waals surface area contributed by atoms with Crippen LogP contribution in [-0.2, 0) is 37.0 Å². The molecule has 2 aromatic rings. The molecule has 4 heterocycles. The Kier molecular flexibility index (Phi) is 8.48. The van der Waals surface area contributed by atoms with E-state index in [2.05, 4.69) is 38.1 Å². The highest BCUT2D eigenvalue weighted by Gasteiger charge is 2.48. The van der Waals surface area contributed by atoms with Crippen molar-refractivity contribution in [2.24, 2.45) is 0 Å². The molecule has 10 N–H and O–H groups in total. The summed E-state index contributed by atoms with van der Waals surface area (Å²) >= 11 is 0. The van der Waals surface area contributed by atoms with Crippen molar-refractivity contribution in [1.29, 1.82) is 0 Å². The topological polar surface area (TPSA) is 321 Å². The first-order chi connectivity index (χ1) is 17.7. The maximum atomic E-state index is 12.1. The Labute approximate surface area is 210 Å². The molecular formula is C15H23N5O16P2. The van der Waals surface area contributed by atoms with Gasteiger partial charge in [0.25, 0.3) is 0 Å². The number of anilines is 1. The number of nitrogen functional groups attached to an aromatic ring is 1. The second-order valence-corrected chi connectivity index (χ2v) is 10.9. The molecule has 0 amide bonds. The number of aliphatic hydroxyl groups excluding tert-OH is 6. The number of hydrogen-bond acceptors (Lipinski definition) is 18. The van der Waals surface area contributed by atoms with Gasteiger partial charge in [0.15, 0.2) is 24.0 Å². The van der Waals surface area contributed by atoms with Crippen LogP contribution in [0.2, 0.25) is 0 Å². The number of nitrogens with two attached hydrogens (primary N) is 1. The highest BCUT2D eigenvalue weighted by molar-refractivity contribution is 7.61. The summed E-state index contributed by atoms with van der Waals surface area (Å²) < 4.78 is 47.8. The first-order valence-electron chi connectivity index (χ1n) is 10.4. The fourth-order valence-corrected chi connectivity index (χ4v) is 5.44. The van der Waals surface area contributed by atoms with Crippen LogP contribution in [0.5, 0.6) is 0 Å². The van der Waals surface area contributed by atoms with Crippen LogP contribution in [-0.4, -0.2) is 116 Å². The van der Waals surface area contributed by atoms with Gasteiger partial charge in [-0.1, -0.05) is 0 Å². The highest BCUT2D eigenvalue weighted by atomic mass is 31.3. The number of rotatable bonds is 10. The Balaban J connectivity index is 1.32. The zero-order valence-electron chi connectivity index (χ0n) is 18.7. The average molecular weight is 591 g/mol. The van der Waals surface area contributed by atoms with Gasteiger partial charge in [0, 0.05) is 0 Å². The molecular weight excluding hydrogens is 568 g/mol. The van der Waals surface area contributed by atoms with Gasteiger partial charge in [-0.2, -0.15) is 9.20 Å². The highest BCUT2D eigenvalue weighted by Crippen LogP contribution is 2.60. The number of fused-ring (bicyclic) bond motifs is 1. The summed E-state index contributed by atoms with van der Waals surface area (Å²) in [7, 11) is -11.0. The number of aliphatic hydroxyl groups is 6. The monoisotopic (exact) mass is 591 g/mol. The molecule has 4 rings (SSSR count). The molecule has 0 aromatic carbocycles. The van der Waals surface area contributed by atoms with Crippen LogP contribution in [0.15, 0.2) is 12.7 Å². The molecule has 0 radical (unpaired) electrons. The summed E-state index contributed by atoms with van der Waals surface area (Å²) in [6.07, 6.45) is -13.6. The Morgan fingerprint density at radius 1 is 1.00 bits per heavy atom. The lowest BCUT2D eigenvalue weighted by molar-refractivity contribution is -0.346. The number of phosphoric ester groups is 1. The second-order valence-electron chi connectivity index (χ2n) is 7.98. The summed E-state index contributed by atoms with van der Waals surface area (Å²) in [5.74, 6) is 0.0364. The molecule has 0 aliphatic carbocycles. The Morgan fingerprint density at radius 2 is 1.71 bits per heavy atom. The van der Waals surface area contributed by atoms with E-state index in [9.17, 15) is 49.6 Å². The molecule has 0 bridgehead atoms. The van der Waals surface area contributed by atoms with Gasteiger partial charge in [-0.05, 0) is 0 Å². The summed E-state index contributed by atoms with van der Waals surface area (Å²) in [5.41, 5.74) is 6.03. The van der Waals surface area contributed by atoms with E-state index in [0.717, 1.165) is 6.33 Å². The molecule has 214 valence electrons. The lowest BCUT2D eigenvalue weighted by atomic mass is 10.1. The van der Waals surface area contributed by atoms with Crippen molar-refractivity contribution in [3.8, 4) is 0 Å². The molecule has 38 heavy (non-hydrogen) atoms. The van der Waals surface area contributed by atoms with E-state index in [0.29, 0.717) is 0 Å². The lowest BCUT2D eigenvalue weighted by Gasteiger charge is -2.21. The van der Waals surface area contributed by atoms with Gasteiger partial charge >= 0.3 is 15.6 Å². The van der Waals surface area contributed by atoms with Crippen molar-refractivity contribution in [2.45, 2.75) is 55.4 Å². The van der Waals surface area contributed by atoms with Gasteiger partial charge in [-0.25, -0.2) is 24.1 Å². The maximum Gasteiger partial charge on any atom is 0.508 e. The first kappa shape index (κ1) is 29.2. The van der Waals surface area contributed by atoms with Gasteiger partial charge in [-0.15, -0.1) is 4.67 Å². The predicted octanol–water partition coefficient (Wildman–Crippen LogP) is -4.03. The summed E-state index contributed by atoms with van der Waals surface area (Å²) in [5, 5.41) is 58.6. The van der Waals surface area contributed by atoms with Crippen LogP contribution in [0, 0.1) is 0 Å². The third kappa shape index (κ3) is 6.03. The summed E-state index contributed by atoms with van der Waals surface area (Å²) in [6.45, 7) is -0.951. The lowest BCUT2D eigenvalue weighted by Crippen LogP contribution is -2.40. The number of imidazole rings is 1. The SMILES string of the molecule is Nc1ncnc2c1ncn2[C@@H]1O[C@H](COP(=O)(O)OP(=O)(O)OO[C@H](O)[C@@H]2O[C@H](O)[C@H](O)[C@@H]2O)[C@@H](O)[C@H]1O. The van der Waals surface area contributed by atoms with E-state index >= 15 is 0 Å². The van der Waals surface area contributed by atoms with E-state index in [4.69, 9.17) is 10.5 Å². The van der Waals surface area contributed by atoms with Crippen LogP contribution in [0.25, 0.3) is 11.2 Å². The molecule has 2 fully saturated rings. The maximum absolute atomic E-state index is 12.1. The largest absolute Gasteiger partial charge is 0.508 e. The minimum atomic E-state index is -5.60. The van der Waals surface area contributed by atoms with Gasteiger partial charge < -0.3 is 55.6 Å². The van der Waals surface area contributed by atoms with Crippen LogP contribution in [0.1, 0.15) is 6.23 Å². The Morgan fingerprint density at radius 3 is 2.37 bits per heavy atom.